The third kappa shape index (κ3) is 3.44. The van der Waals surface area contributed by atoms with E-state index in [2.05, 4.69) is 27.6 Å². The van der Waals surface area contributed by atoms with Crippen LogP contribution in [-0.4, -0.2) is 33.7 Å². The number of hydrogen-bond donors (Lipinski definition) is 1. The lowest BCUT2D eigenvalue weighted by atomic mass is 10.0. The fourth-order valence-electron chi connectivity index (χ4n) is 2.87. The van der Waals surface area contributed by atoms with E-state index < -0.39 is 0 Å². The molecule has 1 atom stereocenters. The Morgan fingerprint density at radius 3 is 2.95 bits per heavy atom. The van der Waals surface area contributed by atoms with Gasteiger partial charge >= 0.3 is 6.03 Å². The number of amides is 2. The first kappa shape index (κ1) is 14.6. The Kier molecular flexibility index (Phi) is 4.37. The number of aryl methyl sites for hydroxylation is 1. The van der Waals surface area contributed by atoms with Crippen molar-refractivity contribution in [1.82, 2.24) is 20.4 Å². The van der Waals surface area contributed by atoms with Crippen molar-refractivity contribution in [2.45, 2.75) is 38.8 Å². The van der Waals surface area contributed by atoms with Crippen LogP contribution in [-0.2, 0) is 13.0 Å². The molecule has 1 saturated heterocycles. The summed E-state index contributed by atoms with van der Waals surface area (Å²) in [5.74, 6) is 1.01. The number of benzene rings is 1. The summed E-state index contributed by atoms with van der Waals surface area (Å²) in [4.78, 5) is 18.4. The van der Waals surface area contributed by atoms with Gasteiger partial charge in [0.05, 0.1) is 6.54 Å². The van der Waals surface area contributed by atoms with Gasteiger partial charge in [-0.05, 0) is 24.8 Å². The van der Waals surface area contributed by atoms with Crippen LogP contribution >= 0.6 is 0 Å². The minimum Gasteiger partial charge on any atom is -0.340 e. The molecular formula is C16H20N4O2. The van der Waals surface area contributed by atoms with Gasteiger partial charge in [-0.15, -0.1) is 0 Å². The van der Waals surface area contributed by atoms with Crippen molar-refractivity contribution in [3.63, 3.8) is 0 Å². The van der Waals surface area contributed by atoms with E-state index in [1.807, 2.05) is 23.1 Å². The number of rotatable bonds is 4. The van der Waals surface area contributed by atoms with Crippen molar-refractivity contribution in [1.29, 1.82) is 0 Å². The average Bonchev–Trinajstić information content (AvgIpc) is 3.15. The van der Waals surface area contributed by atoms with Crippen LogP contribution in [0.5, 0.6) is 0 Å². The Morgan fingerprint density at radius 2 is 2.23 bits per heavy atom. The van der Waals surface area contributed by atoms with Crippen LogP contribution in [0.3, 0.4) is 0 Å². The number of carbonyl (C=O) groups is 1. The predicted molar refractivity (Wildman–Crippen MR) is 81.1 cm³/mol. The van der Waals surface area contributed by atoms with Crippen molar-refractivity contribution in [3.05, 3.63) is 47.6 Å². The highest BCUT2D eigenvalue weighted by molar-refractivity contribution is 5.74. The molecule has 3 rings (SSSR count). The molecule has 2 amide bonds. The molecule has 1 N–H and O–H groups in total. The molecular weight excluding hydrogens is 280 g/mol. The Labute approximate surface area is 129 Å². The van der Waals surface area contributed by atoms with Crippen LogP contribution in [0.25, 0.3) is 0 Å². The number of hydrogen-bond acceptors (Lipinski definition) is 4. The number of nitrogens with zero attached hydrogens (tertiary/aromatic N) is 3. The molecule has 2 heterocycles. The third-order valence-corrected chi connectivity index (χ3v) is 3.92. The number of likely N-dealkylation sites (tertiary alicyclic amines) is 1. The van der Waals surface area contributed by atoms with E-state index in [1.165, 1.54) is 5.56 Å². The third-order valence-electron chi connectivity index (χ3n) is 3.92. The average molecular weight is 300 g/mol. The van der Waals surface area contributed by atoms with Crippen molar-refractivity contribution in [2.24, 2.45) is 0 Å². The molecule has 0 aliphatic carbocycles. The zero-order chi connectivity index (χ0) is 15.4. The van der Waals surface area contributed by atoms with E-state index in [-0.39, 0.29) is 12.1 Å². The lowest BCUT2D eigenvalue weighted by molar-refractivity contribution is 0.191. The van der Waals surface area contributed by atoms with Crippen LogP contribution < -0.4 is 5.32 Å². The zero-order valence-electron chi connectivity index (χ0n) is 12.7. The monoisotopic (exact) mass is 300 g/mol. The van der Waals surface area contributed by atoms with Gasteiger partial charge in [-0.3, -0.25) is 0 Å². The summed E-state index contributed by atoms with van der Waals surface area (Å²) in [5.41, 5.74) is 1.26. The van der Waals surface area contributed by atoms with Gasteiger partial charge in [0.1, 0.15) is 0 Å². The second-order valence-electron chi connectivity index (χ2n) is 5.57. The summed E-state index contributed by atoms with van der Waals surface area (Å²) in [6.45, 7) is 2.83. The van der Waals surface area contributed by atoms with E-state index in [0.717, 1.165) is 25.8 Å². The van der Waals surface area contributed by atoms with E-state index in [4.69, 9.17) is 4.52 Å². The van der Waals surface area contributed by atoms with Crippen molar-refractivity contribution >= 4 is 6.03 Å². The SMILES string of the molecule is Cc1nc(CNC(=O)N2CCCC2Cc2ccccc2)no1. The fraction of sp³-hybridized carbons (Fsp3) is 0.438. The fourth-order valence-corrected chi connectivity index (χ4v) is 2.87. The summed E-state index contributed by atoms with van der Waals surface area (Å²) < 4.78 is 4.90. The molecule has 1 aromatic heterocycles. The Bertz CT molecular complexity index is 626. The molecule has 1 aliphatic heterocycles. The molecule has 0 radical (unpaired) electrons. The maximum atomic E-state index is 12.4. The van der Waals surface area contributed by atoms with Crippen molar-refractivity contribution < 1.29 is 9.32 Å². The van der Waals surface area contributed by atoms with E-state index in [0.29, 0.717) is 18.3 Å². The summed E-state index contributed by atoms with van der Waals surface area (Å²) in [6, 6.07) is 10.5. The Balaban J connectivity index is 1.56. The van der Waals surface area contributed by atoms with Crippen molar-refractivity contribution in [2.75, 3.05) is 6.54 Å². The van der Waals surface area contributed by atoms with Gasteiger partial charge < -0.3 is 14.7 Å². The summed E-state index contributed by atoms with van der Waals surface area (Å²) in [5, 5.41) is 6.65. The standard InChI is InChI=1S/C16H20N4O2/c1-12-18-15(19-22-12)11-17-16(21)20-9-5-8-14(20)10-13-6-3-2-4-7-13/h2-4,6-7,14H,5,8-11H2,1H3,(H,17,21). The maximum Gasteiger partial charge on any atom is 0.318 e. The second kappa shape index (κ2) is 6.60. The van der Waals surface area contributed by atoms with Gasteiger partial charge in [-0.2, -0.15) is 4.98 Å². The molecule has 1 unspecified atom stereocenters. The molecule has 0 saturated carbocycles. The molecule has 6 heteroatoms. The number of nitrogens with one attached hydrogen (secondary N) is 1. The molecule has 2 aromatic rings. The lowest BCUT2D eigenvalue weighted by Gasteiger charge is -2.24. The molecule has 22 heavy (non-hydrogen) atoms. The maximum absolute atomic E-state index is 12.4. The van der Waals surface area contributed by atoms with Crippen LogP contribution in [0.2, 0.25) is 0 Å². The summed E-state index contributed by atoms with van der Waals surface area (Å²) in [7, 11) is 0. The molecule has 0 spiro atoms. The minimum atomic E-state index is -0.0547. The van der Waals surface area contributed by atoms with Crippen LogP contribution in [0.15, 0.2) is 34.9 Å². The van der Waals surface area contributed by atoms with Gasteiger partial charge in [-0.25, -0.2) is 4.79 Å². The van der Waals surface area contributed by atoms with E-state index in [1.54, 1.807) is 6.92 Å². The summed E-state index contributed by atoms with van der Waals surface area (Å²) in [6.07, 6.45) is 2.99. The topological polar surface area (TPSA) is 71.3 Å². The van der Waals surface area contributed by atoms with Crippen LogP contribution in [0, 0.1) is 6.92 Å². The quantitative estimate of drug-likeness (QED) is 0.940. The normalized spacial score (nSPS) is 17.7. The number of urea groups is 1. The second-order valence-corrected chi connectivity index (χ2v) is 5.57. The smallest absolute Gasteiger partial charge is 0.318 e. The van der Waals surface area contributed by atoms with Gasteiger partial charge in [0, 0.05) is 19.5 Å². The largest absolute Gasteiger partial charge is 0.340 e. The van der Waals surface area contributed by atoms with Gasteiger partial charge in [0.25, 0.3) is 0 Å². The Morgan fingerprint density at radius 1 is 1.41 bits per heavy atom. The first-order valence-electron chi connectivity index (χ1n) is 7.60. The van der Waals surface area contributed by atoms with Gasteiger partial charge in [0.15, 0.2) is 5.82 Å². The first-order valence-corrected chi connectivity index (χ1v) is 7.60. The van der Waals surface area contributed by atoms with Gasteiger partial charge in [-0.1, -0.05) is 35.5 Å². The van der Waals surface area contributed by atoms with Gasteiger partial charge in [0.2, 0.25) is 5.89 Å². The highest BCUT2D eigenvalue weighted by Crippen LogP contribution is 2.21. The molecule has 116 valence electrons. The molecule has 6 nitrogen and oxygen atoms in total. The number of aromatic nitrogens is 2. The van der Waals surface area contributed by atoms with E-state index in [9.17, 15) is 4.79 Å². The molecule has 1 aromatic carbocycles. The number of carbonyl (C=O) groups excluding carboxylic acids is 1. The zero-order valence-corrected chi connectivity index (χ0v) is 12.7. The minimum absolute atomic E-state index is 0.0547. The van der Waals surface area contributed by atoms with E-state index >= 15 is 0 Å². The lowest BCUT2D eigenvalue weighted by Crippen LogP contribution is -2.43. The molecule has 1 aliphatic rings. The van der Waals surface area contributed by atoms with Crippen molar-refractivity contribution in [3.8, 4) is 0 Å². The van der Waals surface area contributed by atoms with Crippen LogP contribution in [0.4, 0.5) is 4.79 Å². The first-order chi connectivity index (χ1) is 10.7. The Hall–Kier alpha value is -2.37. The highest BCUT2D eigenvalue weighted by atomic mass is 16.5. The molecule has 0 bridgehead atoms. The highest BCUT2D eigenvalue weighted by Gasteiger charge is 2.28. The molecule has 1 fully saturated rings. The van der Waals surface area contributed by atoms with Crippen LogP contribution in [0.1, 0.15) is 30.1 Å². The summed E-state index contributed by atoms with van der Waals surface area (Å²) >= 11 is 0. The predicted octanol–water partition coefficient (Wildman–Crippen LogP) is 2.29.